The van der Waals surface area contributed by atoms with Crippen LogP contribution in [0.1, 0.15) is 43.1 Å². The number of hydrogen-bond acceptors (Lipinski definition) is 5. The van der Waals surface area contributed by atoms with Crippen LogP contribution in [0.3, 0.4) is 0 Å². The maximum absolute atomic E-state index is 12.2. The van der Waals surface area contributed by atoms with Gasteiger partial charge in [-0.25, -0.2) is 9.97 Å². The van der Waals surface area contributed by atoms with Gasteiger partial charge in [-0.1, -0.05) is 30.8 Å². The number of benzene rings is 1. The molecule has 0 saturated carbocycles. The van der Waals surface area contributed by atoms with Crippen molar-refractivity contribution in [3.63, 3.8) is 0 Å². The zero-order valence-electron chi connectivity index (χ0n) is 15.2. The summed E-state index contributed by atoms with van der Waals surface area (Å²) in [5, 5.41) is 6.11. The van der Waals surface area contributed by atoms with Crippen molar-refractivity contribution >= 4 is 23.6 Å². The zero-order valence-corrected chi connectivity index (χ0v) is 16.0. The average Bonchev–Trinajstić information content (AvgIpc) is 2.67. The van der Waals surface area contributed by atoms with Gasteiger partial charge in [-0.2, -0.15) is 0 Å². The predicted octanol–water partition coefficient (Wildman–Crippen LogP) is 2.80. The van der Waals surface area contributed by atoms with Crippen LogP contribution in [-0.2, 0) is 11.3 Å². The Morgan fingerprint density at radius 1 is 1.12 bits per heavy atom. The van der Waals surface area contributed by atoms with Gasteiger partial charge in [0, 0.05) is 30.5 Å². The van der Waals surface area contributed by atoms with E-state index in [1.165, 1.54) is 11.8 Å². The first-order valence-electron chi connectivity index (χ1n) is 8.60. The lowest BCUT2D eigenvalue weighted by atomic mass is 10.1. The van der Waals surface area contributed by atoms with Gasteiger partial charge in [-0.15, -0.1) is 0 Å². The fourth-order valence-electron chi connectivity index (χ4n) is 2.07. The molecule has 2 N–H and O–H groups in total. The Balaban J connectivity index is 1.83. The summed E-state index contributed by atoms with van der Waals surface area (Å²) < 4.78 is 0. The van der Waals surface area contributed by atoms with Crippen LogP contribution in [0.2, 0.25) is 0 Å². The maximum atomic E-state index is 12.2. The van der Waals surface area contributed by atoms with Crippen LogP contribution < -0.4 is 10.6 Å². The molecule has 2 unspecified atom stereocenters. The van der Waals surface area contributed by atoms with Crippen LogP contribution in [-0.4, -0.2) is 33.1 Å². The minimum atomic E-state index is -0.294. The molecule has 2 atom stereocenters. The second kappa shape index (κ2) is 9.91. The van der Waals surface area contributed by atoms with Crippen molar-refractivity contribution in [1.82, 2.24) is 20.6 Å². The highest BCUT2D eigenvalue weighted by molar-refractivity contribution is 8.00. The van der Waals surface area contributed by atoms with E-state index in [0.717, 1.165) is 12.0 Å². The third-order valence-corrected chi connectivity index (χ3v) is 4.86. The van der Waals surface area contributed by atoms with Crippen LogP contribution >= 0.6 is 11.8 Å². The van der Waals surface area contributed by atoms with E-state index >= 15 is 0 Å². The highest BCUT2D eigenvalue weighted by atomic mass is 32.2. The standard InChI is InChI=1S/C19H24N4O2S/c1-4-13(2)23-18(25)16-8-6-15(7-9-16)12-22-17(24)14(3)26-19-20-10-5-11-21-19/h5-11,13-14H,4,12H2,1-3H3,(H,22,24)(H,23,25). The maximum Gasteiger partial charge on any atom is 0.251 e. The summed E-state index contributed by atoms with van der Waals surface area (Å²) in [5.41, 5.74) is 1.55. The average molecular weight is 372 g/mol. The summed E-state index contributed by atoms with van der Waals surface area (Å²) in [4.78, 5) is 32.5. The van der Waals surface area contributed by atoms with Crippen LogP contribution in [0.25, 0.3) is 0 Å². The molecule has 138 valence electrons. The van der Waals surface area contributed by atoms with E-state index < -0.39 is 0 Å². The van der Waals surface area contributed by atoms with Crippen molar-refractivity contribution in [3.05, 3.63) is 53.9 Å². The van der Waals surface area contributed by atoms with E-state index in [4.69, 9.17) is 0 Å². The first-order valence-corrected chi connectivity index (χ1v) is 9.48. The molecule has 0 aliphatic heterocycles. The van der Waals surface area contributed by atoms with E-state index in [9.17, 15) is 9.59 Å². The van der Waals surface area contributed by atoms with Gasteiger partial charge < -0.3 is 10.6 Å². The molecular weight excluding hydrogens is 348 g/mol. The Morgan fingerprint density at radius 2 is 1.77 bits per heavy atom. The summed E-state index contributed by atoms with van der Waals surface area (Å²) >= 11 is 1.31. The molecule has 1 aromatic heterocycles. The summed E-state index contributed by atoms with van der Waals surface area (Å²) in [6.45, 7) is 6.23. The molecule has 0 spiro atoms. The Bertz CT molecular complexity index is 722. The normalized spacial score (nSPS) is 12.9. The van der Waals surface area contributed by atoms with Crippen molar-refractivity contribution in [2.24, 2.45) is 0 Å². The third-order valence-electron chi connectivity index (χ3n) is 3.87. The van der Waals surface area contributed by atoms with E-state index in [1.54, 1.807) is 30.6 Å². The molecule has 0 aliphatic rings. The first kappa shape index (κ1) is 19.9. The molecule has 7 heteroatoms. The zero-order chi connectivity index (χ0) is 18.9. The van der Waals surface area contributed by atoms with Crippen molar-refractivity contribution in [2.75, 3.05) is 0 Å². The van der Waals surface area contributed by atoms with E-state index in [-0.39, 0.29) is 23.1 Å². The second-order valence-electron chi connectivity index (χ2n) is 5.99. The first-order chi connectivity index (χ1) is 12.5. The molecule has 0 aliphatic carbocycles. The second-order valence-corrected chi connectivity index (χ2v) is 7.30. The predicted molar refractivity (Wildman–Crippen MR) is 103 cm³/mol. The van der Waals surface area contributed by atoms with E-state index in [1.807, 2.05) is 32.9 Å². The monoisotopic (exact) mass is 372 g/mol. The van der Waals surface area contributed by atoms with Crippen molar-refractivity contribution in [1.29, 1.82) is 0 Å². The van der Waals surface area contributed by atoms with Crippen molar-refractivity contribution in [3.8, 4) is 0 Å². The molecule has 2 rings (SSSR count). The molecule has 26 heavy (non-hydrogen) atoms. The molecule has 0 fully saturated rings. The van der Waals surface area contributed by atoms with Crippen molar-refractivity contribution in [2.45, 2.75) is 50.2 Å². The van der Waals surface area contributed by atoms with Crippen LogP contribution in [0.5, 0.6) is 0 Å². The van der Waals surface area contributed by atoms with E-state index in [0.29, 0.717) is 17.3 Å². The minimum absolute atomic E-state index is 0.0807. The van der Waals surface area contributed by atoms with Gasteiger partial charge in [0.05, 0.1) is 5.25 Å². The van der Waals surface area contributed by atoms with Gasteiger partial charge in [-0.05, 0) is 44.0 Å². The van der Waals surface area contributed by atoms with Gasteiger partial charge in [0.2, 0.25) is 5.91 Å². The number of carbonyl (C=O) groups excluding carboxylic acids is 2. The van der Waals surface area contributed by atoms with E-state index in [2.05, 4.69) is 20.6 Å². The summed E-state index contributed by atoms with van der Waals surface area (Å²) in [7, 11) is 0. The fourth-order valence-corrected chi connectivity index (χ4v) is 2.82. The number of carbonyl (C=O) groups is 2. The molecular formula is C19H24N4O2S. The molecule has 2 aromatic rings. The number of hydrogen-bond donors (Lipinski definition) is 2. The number of nitrogens with zero attached hydrogens (tertiary/aromatic N) is 2. The van der Waals surface area contributed by atoms with Gasteiger partial charge in [0.15, 0.2) is 5.16 Å². The highest BCUT2D eigenvalue weighted by Gasteiger charge is 2.15. The number of rotatable bonds is 8. The van der Waals surface area contributed by atoms with Gasteiger partial charge >= 0.3 is 0 Å². The molecule has 0 saturated heterocycles. The quantitative estimate of drug-likeness (QED) is 0.550. The van der Waals surface area contributed by atoms with Crippen LogP contribution in [0.15, 0.2) is 47.9 Å². The summed E-state index contributed by atoms with van der Waals surface area (Å²) in [5.74, 6) is -0.163. The van der Waals surface area contributed by atoms with Gasteiger partial charge in [-0.3, -0.25) is 9.59 Å². The van der Waals surface area contributed by atoms with Gasteiger partial charge in [0.1, 0.15) is 0 Å². The smallest absolute Gasteiger partial charge is 0.251 e. The Kier molecular flexibility index (Phi) is 7.59. The Labute approximate surface area is 158 Å². The topological polar surface area (TPSA) is 84.0 Å². The van der Waals surface area contributed by atoms with Crippen LogP contribution in [0, 0.1) is 0 Å². The summed E-state index contributed by atoms with van der Waals surface area (Å²) in [6.07, 6.45) is 4.19. The third kappa shape index (κ3) is 6.15. The lowest BCUT2D eigenvalue weighted by Crippen LogP contribution is -2.32. The molecule has 1 heterocycles. The van der Waals surface area contributed by atoms with Crippen LogP contribution in [0.4, 0.5) is 0 Å². The molecule has 6 nitrogen and oxygen atoms in total. The lowest BCUT2D eigenvalue weighted by Gasteiger charge is -2.12. The van der Waals surface area contributed by atoms with Crippen molar-refractivity contribution < 1.29 is 9.59 Å². The number of amides is 2. The number of thioether (sulfide) groups is 1. The largest absolute Gasteiger partial charge is 0.351 e. The lowest BCUT2D eigenvalue weighted by molar-refractivity contribution is -0.120. The Morgan fingerprint density at radius 3 is 2.38 bits per heavy atom. The molecule has 1 aromatic carbocycles. The number of nitrogens with one attached hydrogen (secondary N) is 2. The van der Waals surface area contributed by atoms with Gasteiger partial charge in [0.25, 0.3) is 5.91 Å². The SMILES string of the molecule is CCC(C)NC(=O)c1ccc(CNC(=O)C(C)Sc2ncccn2)cc1. The summed E-state index contributed by atoms with van der Waals surface area (Å²) in [6, 6.07) is 9.13. The molecule has 2 amide bonds. The number of aromatic nitrogens is 2. The molecule has 0 bridgehead atoms. The molecule has 0 radical (unpaired) electrons. The Hall–Kier alpha value is -2.41. The fraction of sp³-hybridized carbons (Fsp3) is 0.368. The minimum Gasteiger partial charge on any atom is -0.351 e. The highest BCUT2D eigenvalue weighted by Crippen LogP contribution is 2.18.